The van der Waals surface area contributed by atoms with Crippen molar-refractivity contribution in [1.29, 1.82) is 0 Å². The number of hydrogen-bond donors (Lipinski definition) is 2. The number of hydrogen-bond acceptors (Lipinski definition) is 4. The molecule has 3 rings (SSSR count). The van der Waals surface area contributed by atoms with E-state index in [4.69, 9.17) is 5.73 Å². The summed E-state index contributed by atoms with van der Waals surface area (Å²) in [6.07, 6.45) is 3.96. The topological polar surface area (TPSA) is 93.2 Å². The van der Waals surface area contributed by atoms with Gasteiger partial charge in [0.05, 0.1) is 12.1 Å². The third-order valence-corrected chi connectivity index (χ3v) is 4.81. The summed E-state index contributed by atoms with van der Waals surface area (Å²) in [5.74, 6) is -0.834. The quantitative estimate of drug-likeness (QED) is 0.821. The molecule has 1 saturated heterocycles. The summed E-state index contributed by atoms with van der Waals surface area (Å²) in [6, 6.07) is 11.3. The summed E-state index contributed by atoms with van der Waals surface area (Å²) in [5, 5.41) is 7.81. The van der Waals surface area contributed by atoms with Gasteiger partial charge >= 0.3 is 0 Å². The number of carbonyl (C=O) groups is 2. The van der Waals surface area contributed by atoms with Gasteiger partial charge in [-0.05, 0) is 37.9 Å². The van der Waals surface area contributed by atoms with Gasteiger partial charge in [0.1, 0.15) is 12.2 Å². The van der Waals surface area contributed by atoms with E-state index in [0.29, 0.717) is 5.69 Å². The maximum Gasteiger partial charge on any atom is 0.275 e. The first-order valence-electron chi connectivity index (χ1n) is 8.96. The molecule has 26 heavy (non-hydrogen) atoms. The summed E-state index contributed by atoms with van der Waals surface area (Å²) in [4.78, 5) is 26.0. The number of carbonyl (C=O) groups excluding carboxylic acids is 2. The Morgan fingerprint density at radius 3 is 2.77 bits per heavy atom. The first-order chi connectivity index (χ1) is 12.6. The van der Waals surface area contributed by atoms with Gasteiger partial charge in [-0.15, -0.1) is 0 Å². The van der Waals surface area contributed by atoms with Crippen LogP contribution in [0.4, 0.5) is 0 Å². The lowest BCUT2D eigenvalue weighted by Gasteiger charge is -2.28. The van der Waals surface area contributed by atoms with Crippen LogP contribution >= 0.6 is 0 Å². The van der Waals surface area contributed by atoms with Crippen LogP contribution in [-0.2, 0) is 4.79 Å². The standard InChI is InChI=1S/C19H25N5O2/c1-14(15-6-3-2-4-7-15)23(13-18(20)25)19(26)17-9-11-24(22-17)16-8-5-10-21-12-16/h2-4,6-7,9,11,14,16,21H,5,8,10,12-13H2,1H3,(H2,20,25)/t14-,16?/m1/s1. The molecule has 2 atom stereocenters. The lowest BCUT2D eigenvalue weighted by molar-refractivity contribution is -0.119. The van der Waals surface area contributed by atoms with E-state index in [1.54, 1.807) is 6.07 Å². The second-order valence-electron chi connectivity index (χ2n) is 6.67. The lowest BCUT2D eigenvalue weighted by Crippen LogP contribution is -2.40. The predicted octanol–water partition coefficient (Wildman–Crippen LogP) is 1.50. The Morgan fingerprint density at radius 1 is 1.35 bits per heavy atom. The van der Waals surface area contributed by atoms with E-state index in [9.17, 15) is 9.59 Å². The van der Waals surface area contributed by atoms with E-state index in [-0.39, 0.29) is 24.5 Å². The Morgan fingerprint density at radius 2 is 2.12 bits per heavy atom. The van der Waals surface area contributed by atoms with Crippen LogP contribution in [0, 0.1) is 0 Å². The van der Waals surface area contributed by atoms with Gasteiger partial charge in [0, 0.05) is 12.7 Å². The van der Waals surface area contributed by atoms with Crippen molar-refractivity contribution in [3.8, 4) is 0 Å². The van der Waals surface area contributed by atoms with Gasteiger partial charge in [0.15, 0.2) is 0 Å². The number of benzene rings is 1. The fourth-order valence-electron chi connectivity index (χ4n) is 3.33. The first kappa shape index (κ1) is 18.1. The zero-order chi connectivity index (χ0) is 18.5. The Hall–Kier alpha value is -2.67. The van der Waals surface area contributed by atoms with E-state index in [1.807, 2.05) is 48.1 Å². The average Bonchev–Trinajstić information content (AvgIpc) is 3.16. The van der Waals surface area contributed by atoms with Crippen molar-refractivity contribution in [3.63, 3.8) is 0 Å². The van der Waals surface area contributed by atoms with E-state index < -0.39 is 5.91 Å². The highest BCUT2D eigenvalue weighted by molar-refractivity contribution is 5.95. The number of rotatable bonds is 6. The molecule has 1 fully saturated rings. The second-order valence-corrected chi connectivity index (χ2v) is 6.67. The molecule has 0 bridgehead atoms. The van der Waals surface area contributed by atoms with Crippen LogP contribution in [0.3, 0.4) is 0 Å². The summed E-state index contributed by atoms with van der Waals surface area (Å²) < 4.78 is 1.84. The summed E-state index contributed by atoms with van der Waals surface area (Å²) >= 11 is 0. The van der Waals surface area contributed by atoms with Gasteiger partial charge in [-0.1, -0.05) is 30.3 Å². The van der Waals surface area contributed by atoms with Crippen LogP contribution in [0.5, 0.6) is 0 Å². The molecule has 0 radical (unpaired) electrons. The zero-order valence-corrected chi connectivity index (χ0v) is 15.0. The van der Waals surface area contributed by atoms with Gasteiger partial charge in [0.2, 0.25) is 5.91 Å². The molecule has 1 aliphatic heterocycles. The van der Waals surface area contributed by atoms with Gasteiger partial charge < -0.3 is 16.0 Å². The summed E-state index contributed by atoms with van der Waals surface area (Å²) in [7, 11) is 0. The highest BCUT2D eigenvalue weighted by Gasteiger charge is 2.26. The van der Waals surface area contributed by atoms with E-state index in [0.717, 1.165) is 31.5 Å². The monoisotopic (exact) mass is 355 g/mol. The minimum Gasteiger partial charge on any atom is -0.368 e. The molecule has 0 spiro atoms. The van der Waals surface area contributed by atoms with Crippen LogP contribution < -0.4 is 11.1 Å². The summed E-state index contributed by atoms with van der Waals surface area (Å²) in [6.45, 7) is 3.61. The number of nitrogens with one attached hydrogen (secondary N) is 1. The predicted molar refractivity (Wildman–Crippen MR) is 98.5 cm³/mol. The third-order valence-electron chi connectivity index (χ3n) is 4.81. The van der Waals surface area contributed by atoms with Crippen molar-refractivity contribution >= 4 is 11.8 Å². The largest absolute Gasteiger partial charge is 0.368 e. The fraction of sp³-hybridized carbons (Fsp3) is 0.421. The molecule has 2 amide bonds. The molecular formula is C19H25N5O2. The molecule has 138 valence electrons. The van der Waals surface area contributed by atoms with Crippen molar-refractivity contribution in [2.45, 2.75) is 31.8 Å². The lowest BCUT2D eigenvalue weighted by atomic mass is 10.1. The summed E-state index contributed by atoms with van der Waals surface area (Å²) in [5.41, 5.74) is 6.66. The SMILES string of the molecule is C[C@H](c1ccccc1)N(CC(N)=O)C(=O)c1ccn(C2CCCNC2)n1. The Bertz CT molecular complexity index is 752. The maximum absolute atomic E-state index is 13.0. The normalized spacial score (nSPS) is 18.3. The molecule has 0 saturated carbocycles. The van der Waals surface area contributed by atoms with Crippen LogP contribution in [-0.4, -0.2) is 46.1 Å². The number of amides is 2. The van der Waals surface area contributed by atoms with E-state index in [2.05, 4.69) is 10.4 Å². The molecular weight excluding hydrogens is 330 g/mol. The van der Waals surface area contributed by atoms with Gasteiger partial charge in [-0.3, -0.25) is 14.3 Å². The van der Waals surface area contributed by atoms with Crippen molar-refractivity contribution in [2.24, 2.45) is 5.73 Å². The highest BCUT2D eigenvalue weighted by Crippen LogP contribution is 2.22. The van der Waals surface area contributed by atoms with Crippen molar-refractivity contribution in [2.75, 3.05) is 19.6 Å². The molecule has 2 aromatic rings. The van der Waals surface area contributed by atoms with Crippen LogP contribution in [0.2, 0.25) is 0 Å². The number of nitrogens with zero attached hydrogens (tertiary/aromatic N) is 3. The van der Waals surface area contributed by atoms with E-state index >= 15 is 0 Å². The Balaban J connectivity index is 1.81. The molecule has 3 N–H and O–H groups in total. The van der Waals surface area contributed by atoms with Gasteiger partial charge in [-0.25, -0.2) is 0 Å². The minimum absolute atomic E-state index is 0.146. The second kappa shape index (κ2) is 8.14. The smallest absolute Gasteiger partial charge is 0.275 e. The van der Waals surface area contributed by atoms with Crippen molar-refractivity contribution < 1.29 is 9.59 Å². The zero-order valence-electron chi connectivity index (χ0n) is 15.0. The van der Waals surface area contributed by atoms with Crippen molar-refractivity contribution in [1.82, 2.24) is 20.0 Å². The molecule has 1 aromatic carbocycles. The number of aromatic nitrogens is 2. The first-order valence-corrected chi connectivity index (χ1v) is 8.96. The van der Waals surface area contributed by atoms with E-state index in [1.165, 1.54) is 4.90 Å². The van der Waals surface area contributed by atoms with Gasteiger partial charge in [-0.2, -0.15) is 5.10 Å². The number of primary amides is 1. The molecule has 1 unspecified atom stereocenters. The fourth-order valence-corrected chi connectivity index (χ4v) is 3.33. The molecule has 7 heteroatoms. The molecule has 2 heterocycles. The molecule has 1 aliphatic rings. The van der Waals surface area contributed by atoms with Gasteiger partial charge in [0.25, 0.3) is 5.91 Å². The number of nitrogens with two attached hydrogens (primary N) is 1. The minimum atomic E-state index is -0.544. The van der Waals surface area contributed by atoms with Crippen LogP contribution in [0.25, 0.3) is 0 Å². The van der Waals surface area contributed by atoms with Crippen LogP contribution in [0.15, 0.2) is 42.6 Å². The molecule has 1 aromatic heterocycles. The van der Waals surface area contributed by atoms with Crippen LogP contribution in [0.1, 0.15) is 47.9 Å². The third kappa shape index (κ3) is 4.11. The maximum atomic E-state index is 13.0. The molecule has 7 nitrogen and oxygen atoms in total. The van der Waals surface area contributed by atoms with Crippen molar-refractivity contribution in [3.05, 3.63) is 53.9 Å². The highest BCUT2D eigenvalue weighted by atomic mass is 16.2. The average molecular weight is 355 g/mol. The number of piperidine rings is 1. The Labute approximate surface area is 153 Å². The Kier molecular flexibility index (Phi) is 5.68. The molecule has 0 aliphatic carbocycles.